The van der Waals surface area contributed by atoms with Crippen LogP contribution in [0, 0.1) is 0 Å². The topological polar surface area (TPSA) is 91.8 Å². The Kier molecular flexibility index (Phi) is 4.81. The number of ether oxygens (including phenoxy) is 1. The van der Waals surface area contributed by atoms with Crippen LogP contribution in [0.25, 0.3) is 0 Å². The molecule has 1 aromatic heterocycles. The molecule has 16 heavy (non-hydrogen) atoms. The Hall–Kier alpha value is -1.53. The number of aromatic nitrogens is 1. The van der Waals surface area contributed by atoms with E-state index in [2.05, 4.69) is 4.98 Å². The van der Waals surface area contributed by atoms with Crippen molar-refractivity contribution in [3.8, 4) is 5.88 Å². The highest BCUT2D eigenvalue weighted by molar-refractivity contribution is 5.54. The Morgan fingerprint density at radius 3 is 2.44 bits per heavy atom. The minimum atomic E-state index is -0.00558. The fraction of sp³-hybridized carbons (Fsp3) is 0.500. The molecule has 0 fully saturated rings. The van der Waals surface area contributed by atoms with Crippen molar-refractivity contribution < 1.29 is 14.9 Å². The highest BCUT2D eigenvalue weighted by Crippen LogP contribution is 2.22. The van der Waals surface area contributed by atoms with Crippen molar-refractivity contribution in [3.05, 3.63) is 12.1 Å². The van der Waals surface area contributed by atoms with Crippen LogP contribution in [-0.2, 0) is 0 Å². The smallest absolute Gasteiger partial charge is 0.238 e. The maximum Gasteiger partial charge on any atom is 0.238 e. The molecule has 0 unspecified atom stereocenters. The van der Waals surface area contributed by atoms with Crippen molar-refractivity contribution in [2.75, 3.05) is 44.0 Å². The second-order valence-corrected chi connectivity index (χ2v) is 3.20. The van der Waals surface area contributed by atoms with Gasteiger partial charge in [-0.3, -0.25) is 0 Å². The third-order valence-electron chi connectivity index (χ3n) is 2.13. The van der Waals surface area contributed by atoms with Crippen LogP contribution in [0.5, 0.6) is 5.88 Å². The van der Waals surface area contributed by atoms with Crippen LogP contribution in [0.2, 0.25) is 0 Å². The van der Waals surface area contributed by atoms with Crippen LogP contribution in [0.15, 0.2) is 12.1 Å². The monoisotopic (exact) mass is 227 g/mol. The summed E-state index contributed by atoms with van der Waals surface area (Å²) >= 11 is 0. The molecule has 1 aromatic rings. The molecule has 6 heteroatoms. The number of nitrogens with two attached hydrogens (primary N) is 1. The van der Waals surface area contributed by atoms with Crippen molar-refractivity contribution in [2.45, 2.75) is 0 Å². The molecular formula is C10H17N3O3. The highest BCUT2D eigenvalue weighted by atomic mass is 16.5. The van der Waals surface area contributed by atoms with E-state index in [1.54, 1.807) is 17.0 Å². The van der Waals surface area contributed by atoms with Gasteiger partial charge in [0.1, 0.15) is 5.82 Å². The van der Waals surface area contributed by atoms with Crippen molar-refractivity contribution >= 4 is 11.5 Å². The van der Waals surface area contributed by atoms with E-state index in [9.17, 15) is 0 Å². The number of rotatable bonds is 6. The summed E-state index contributed by atoms with van der Waals surface area (Å²) in [6.07, 6.45) is 0. The minimum Gasteiger partial charge on any atom is -0.479 e. The minimum absolute atomic E-state index is 0.00558. The molecule has 0 atom stereocenters. The van der Waals surface area contributed by atoms with Gasteiger partial charge in [-0.1, -0.05) is 0 Å². The number of aliphatic hydroxyl groups excluding tert-OH is 2. The Labute approximate surface area is 94.3 Å². The second kappa shape index (κ2) is 6.14. The van der Waals surface area contributed by atoms with Gasteiger partial charge in [0, 0.05) is 13.1 Å². The molecule has 0 saturated heterocycles. The molecule has 0 radical (unpaired) electrons. The largest absolute Gasteiger partial charge is 0.479 e. The normalized spacial score (nSPS) is 10.2. The first kappa shape index (κ1) is 12.5. The molecule has 1 rings (SSSR count). The number of hydrogen-bond donors (Lipinski definition) is 3. The van der Waals surface area contributed by atoms with Crippen LogP contribution in [0.4, 0.5) is 11.5 Å². The Balaban J connectivity index is 2.90. The second-order valence-electron chi connectivity index (χ2n) is 3.20. The molecule has 0 bridgehead atoms. The van der Waals surface area contributed by atoms with Crippen LogP contribution in [0.1, 0.15) is 0 Å². The number of hydrogen-bond acceptors (Lipinski definition) is 6. The van der Waals surface area contributed by atoms with E-state index in [0.29, 0.717) is 30.5 Å². The average molecular weight is 227 g/mol. The zero-order valence-corrected chi connectivity index (χ0v) is 9.26. The molecule has 0 saturated carbocycles. The van der Waals surface area contributed by atoms with E-state index < -0.39 is 0 Å². The SMILES string of the molecule is COc1nc(N(CCO)CCO)ccc1N. The summed E-state index contributed by atoms with van der Waals surface area (Å²) in [4.78, 5) is 5.94. The van der Waals surface area contributed by atoms with Crippen molar-refractivity contribution in [2.24, 2.45) is 0 Å². The molecule has 1 heterocycles. The molecule has 0 amide bonds. The lowest BCUT2D eigenvalue weighted by molar-refractivity contribution is 0.280. The summed E-state index contributed by atoms with van der Waals surface area (Å²) < 4.78 is 5.00. The molecule has 0 spiro atoms. The Morgan fingerprint density at radius 2 is 1.94 bits per heavy atom. The molecule has 0 aliphatic carbocycles. The van der Waals surface area contributed by atoms with Gasteiger partial charge in [-0.25, -0.2) is 0 Å². The van der Waals surface area contributed by atoms with E-state index in [4.69, 9.17) is 20.7 Å². The van der Waals surface area contributed by atoms with Gasteiger partial charge in [0.25, 0.3) is 0 Å². The standard InChI is InChI=1S/C10H17N3O3/c1-16-10-8(11)2-3-9(12-10)13(4-6-14)5-7-15/h2-3,14-15H,4-7,11H2,1H3. The lowest BCUT2D eigenvalue weighted by Gasteiger charge is -2.22. The first-order valence-corrected chi connectivity index (χ1v) is 5.00. The van der Waals surface area contributed by atoms with Gasteiger partial charge in [-0.2, -0.15) is 4.98 Å². The first-order valence-electron chi connectivity index (χ1n) is 5.00. The van der Waals surface area contributed by atoms with Gasteiger partial charge in [-0.15, -0.1) is 0 Å². The maximum atomic E-state index is 8.90. The number of nitrogens with zero attached hydrogens (tertiary/aromatic N) is 2. The number of aliphatic hydroxyl groups is 2. The van der Waals surface area contributed by atoms with E-state index in [-0.39, 0.29) is 13.2 Å². The van der Waals surface area contributed by atoms with E-state index in [0.717, 1.165) is 0 Å². The number of anilines is 2. The lowest BCUT2D eigenvalue weighted by Crippen LogP contribution is -2.30. The summed E-state index contributed by atoms with van der Waals surface area (Å²) in [6.45, 7) is 0.796. The fourth-order valence-corrected chi connectivity index (χ4v) is 1.36. The Bertz CT molecular complexity index is 327. The van der Waals surface area contributed by atoms with Gasteiger partial charge < -0.3 is 25.6 Å². The number of pyridine rings is 1. The third kappa shape index (κ3) is 2.98. The summed E-state index contributed by atoms with van der Waals surface area (Å²) in [5, 5.41) is 17.8. The predicted molar refractivity (Wildman–Crippen MR) is 61.6 cm³/mol. The quantitative estimate of drug-likeness (QED) is 0.604. The number of methoxy groups -OCH3 is 1. The lowest BCUT2D eigenvalue weighted by atomic mass is 10.3. The highest BCUT2D eigenvalue weighted by Gasteiger charge is 2.09. The summed E-state index contributed by atoms with van der Waals surface area (Å²) in [5.41, 5.74) is 6.10. The Morgan fingerprint density at radius 1 is 1.31 bits per heavy atom. The summed E-state index contributed by atoms with van der Waals surface area (Å²) in [6, 6.07) is 3.41. The molecule has 4 N–H and O–H groups in total. The van der Waals surface area contributed by atoms with Gasteiger partial charge in [0.05, 0.1) is 26.0 Å². The molecular weight excluding hydrogens is 210 g/mol. The predicted octanol–water partition coefficient (Wildman–Crippen LogP) is -0.537. The summed E-state index contributed by atoms with van der Waals surface area (Å²) in [5.74, 6) is 0.965. The maximum absolute atomic E-state index is 8.90. The van der Waals surface area contributed by atoms with Gasteiger partial charge in [0.2, 0.25) is 5.88 Å². The summed E-state index contributed by atoms with van der Waals surface area (Å²) in [7, 11) is 1.49. The zero-order valence-electron chi connectivity index (χ0n) is 9.26. The fourth-order valence-electron chi connectivity index (χ4n) is 1.36. The van der Waals surface area contributed by atoms with Crippen LogP contribution in [0.3, 0.4) is 0 Å². The van der Waals surface area contributed by atoms with Gasteiger partial charge in [0.15, 0.2) is 0 Å². The molecule has 0 aliphatic heterocycles. The van der Waals surface area contributed by atoms with Crippen molar-refractivity contribution in [1.29, 1.82) is 0 Å². The van der Waals surface area contributed by atoms with E-state index >= 15 is 0 Å². The molecule has 90 valence electrons. The van der Waals surface area contributed by atoms with Crippen LogP contribution >= 0.6 is 0 Å². The average Bonchev–Trinajstić information content (AvgIpc) is 2.29. The first-order chi connectivity index (χ1) is 7.72. The van der Waals surface area contributed by atoms with Crippen molar-refractivity contribution in [1.82, 2.24) is 4.98 Å². The van der Waals surface area contributed by atoms with Crippen LogP contribution < -0.4 is 15.4 Å². The van der Waals surface area contributed by atoms with E-state index in [1.165, 1.54) is 7.11 Å². The number of nitrogen functional groups attached to an aromatic ring is 1. The zero-order chi connectivity index (χ0) is 12.0. The third-order valence-corrected chi connectivity index (χ3v) is 2.13. The van der Waals surface area contributed by atoms with Gasteiger partial charge >= 0.3 is 0 Å². The molecule has 0 aromatic carbocycles. The van der Waals surface area contributed by atoms with Crippen molar-refractivity contribution in [3.63, 3.8) is 0 Å². The molecule has 0 aliphatic rings. The van der Waals surface area contributed by atoms with E-state index in [1.807, 2.05) is 0 Å². The van der Waals surface area contributed by atoms with Crippen LogP contribution in [-0.4, -0.2) is 48.6 Å². The molecule has 6 nitrogen and oxygen atoms in total. The van der Waals surface area contributed by atoms with Gasteiger partial charge in [-0.05, 0) is 12.1 Å².